The van der Waals surface area contributed by atoms with E-state index in [9.17, 15) is 4.79 Å². The third-order valence-electron chi connectivity index (χ3n) is 5.75. The minimum absolute atomic E-state index is 0.0861. The molecule has 2 aromatic rings. The van der Waals surface area contributed by atoms with E-state index in [1.165, 1.54) is 12.8 Å². The second-order valence-corrected chi connectivity index (χ2v) is 8.01. The largest absolute Gasteiger partial charge is 0.457 e. The van der Waals surface area contributed by atoms with E-state index in [0.717, 1.165) is 44.2 Å². The van der Waals surface area contributed by atoms with Crippen molar-refractivity contribution >= 4 is 5.91 Å². The van der Waals surface area contributed by atoms with E-state index in [1.807, 2.05) is 36.2 Å². The fourth-order valence-electron chi connectivity index (χ4n) is 4.02. The van der Waals surface area contributed by atoms with Crippen LogP contribution in [0.3, 0.4) is 0 Å². The quantitative estimate of drug-likeness (QED) is 0.799. The third kappa shape index (κ3) is 4.81. The van der Waals surface area contributed by atoms with Crippen LogP contribution in [0.15, 0.2) is 42.5 Å². The van der Waals surface area contributed by atoms with Crippen molar-refractivity contribution in [3.63, 3.8) is 0 Å². The number of benzene rings is 2. The summed E-state index contributed by atoms with van der Waals surface area (Å²) in [6.07, 6.45) is 3.64. The molecule has 156 valence electrons. The average molecular weight is 405 g/mol. The Labute approximate surface area is 178 Å². The van der Waals surface area contributed by atoms with Gasteiger partial charge in [-0.1, -0.05) is 6.07 Å². The first-order chi connectivity index (χ1) is 14.7. The zero-order chi connectivity index (χ0) is 20.9. The number of nitrogens with one attached hydrogen (secondary N) is 1. The molecule has 0 atom stereocenters. The summed E-state index contributed by atoms with van der Waals surface area (Å²) < 4.78 is 6.03. The zero-order valence-electron chi connectivity index (χ0n) is 17.4. The molecule has 4 rings (SSSR count). The highest BCUT2D eigenvalue weighted by Crippen LogP contribution is 2.29. The summed E-state index contributed by atoms with van der Waals surface area (Å²) in [4.78, 5) is 17.7. The monoisotopic (exact) mass is 404 g/mol. The van der Waals surface area contributed by atoms with Crippen molar-refractivity contribution in [3.8, 4) is 17.6 Å². The second kappa shape index (κ2) is 9.29. The first-order valence-electron chi connectivity index (χ1n) is 10.7. The first-order valence-corrected chi connectivity index (χ1v) is 10.7. The molecule has 1 heterocycles. The van der Waals surface area contributed by atoms with Gasteiger partial charge in [-0.3, -0.25) is 9.69 Å². The van der Waals surface area contributed by atoms with Crippen molar-refractivity contribution in [1.82, 2.24) is 15.1 Å². The van der Waals surface area contributed by atoms with E-state index < -0.39 is 0 Å². The smallest absolute Gasteiger partial charge is 0.253 e. The number of ether oxygens (including phenoxy) is 1. The van der Waals surface area contributed by atoms with E-state index >= 15 is 0 Å². The van der Waals surface area contributed by atoms with Crippen molar-refractivity contribution in [1.29, 1.82) is 5.26 Å². The fraction of sp³-hybridized carbons (Fsp3) is 0.417. The summed E-state index contributed by atoms with van der Waals surface area (Å²) in [5.74, 6) is 1.38. The summed E-state index contributed by atoms with van der Waals surface area (Å²) >= 11 is 0. The van der Waals surface area contributed by atoms with Crippen LogP contribution in [-0.2, 0) is 6.54 Å². The van der Waals surface area contributed by atoms with E-state index in [-0.39, 0.29) is 5.91 Å². The molecule has 6 heteroatoms. The Bertz CT molecular complexity index is 948. The fourth-order valence-corrected chi connectivity index (χ4v) is 4.02. The van der Waals surface area contributed by atoms with Crippen LogP contribution in [0.4, 0.5) is 0 Å². The highest BCUT2D eigenvalue weighted by atomic mass is 16.5. The SMILES string of the molecule is CNCc1cc(C(=O)N2CCCN(C3CC3)CC2)ccc1Oc1cccc(C#N)c1. The highest BCUT2D eigenvalue weighted by molar-refractivity contribution is 5.94. The van der Waals surface area contributed by atoms with Crippen molar-refractivity contribution in [2.45, 2.75) is 31.8 Å². The molecule has 2 aliphatic rings. The van der Waals surface area contributed by atoms with E-state index in [0.29, 0.717) is 29.2 Å². The minimum atomic E-state index is 0.0861. The molecule has 1 aliphatic heterocycles. The van der Waals surface area contributed by atoms with E-state index in [2.05, 4.69) is 16.3 Å². The Morgan fingerprint density at radius 1 is 1.17 bits per heavy atom. The maximum Gasteiger partial charge on any atom is 0.253 e. The van der Waals surface area contributed by atoms with Gasteiger partial charge in [0.15, 0.2) is 0 Å². The zero-order valence-corrected chi connectivity index (χ0v) is 17.4. The van der Waals surface area contributed by atoms with Gasteiger partial charge in [-0.2, -0.15) is 5.26 Å². The van der Waals surface area contributed by atoms with Crippen LogP contribution in [0.25, 0.3) is 0 Å². The van der Waals surface area contributed by atoms with Crippen LogP contribution in [-0.4, -0.2) is 55.0 Å². The molecule has 1 saturated heterocycles. The normalized spacial score (nSPS) is 17.3. The lowest BCUT2D eigenvalue weighted by Gasteiger charge is -2.22. The molecule has 2 fully saturated rings. The van der Waals surface area contributed by atoms with Gasteiger partial charge in [-0.05, 0) is 62.7 Å². The maximum absolute atomic E-state index is 13.2. The predicted octanol–water partition coefficient (Wildman–Crippen LogP) is 3.38. The topological polar surface area (TPSA) is 68.6 Å². The summed E-state index contributed by atoms with van der Waals surface area (Å²) in [5, 5.41) is 12.2. The van der Waals surface area contributed by atoms with Crippen LogP contribution in [0.1, 0.15) is 40.7 Å². The van der Waals surface area contributed by atoms with Crippen molar-refractivity contribution < 1.29 is 9.53 Å². The maximum atomic E-state index is 13.2. The molecule has 1 amide bonds. The molecule has 0 aromatic heterocycles. The van der Waals surface area contributed by atoms with Crippen LogP contribution in [0.5, 0.6) is 11.5 Å². The van der Waals surface area contributed by atoms with Crippen molar-refractivity contribution in [2.24, 2.45) is 0 Å². The first kappa shape index (κ1) is 20.4. The van der Waals surface area contributed by atoms with Gasteiger partial charge in [-0.25, -0.2) is 0 Å². The Balaban J connectivity index is 1.50. The molecule has 1 aliphatic carbocycles. The Kier molecular flexibility index (Phi) is 6.32. The van der Waals surface area contributed by atoms with Gasteiger partial charge in [0.25, 0.3) is 5.91 Å². The molecule has 30 heavy (non-hydrogen) atoms. The Hall–Kier alpha value is -2.88. The lowest BCUT2D eigenvalue weighted by Crippen LogP contribution is -2.35. The number of carbonyl (C=O) groups is 1. The summed E-state index contributed by atoms with van der Waals surface area (Å²) in [7, 11) is 1.87. The molecule has 0 spiro atoms. The molecular weight excluding hydrogens is 376 g/mol. The van der Waals surface area contributed by atoms with Crippen LogP contribution in [0, 0.1) is 11.3 Å². The predicted molar refractivity (Wildman–Crippen MR) is 116 cm³/mol. The number of nitriles is 1. The number of nitrogens with zero attached hydrogens (tertiary/aromatic N) is 3. The van der Waals surface area contributed by atoms with Crippen molar-refractivity contribution in [2.75, 3.05) is 33.2 Å². The molecule has 1 N–H and O–H groups in total. The summed E-state index contributed by atoms with van der Waals surface area (Å²) in [6, 6.07) is 15.6. The number of hydrogen-bond acceptors (Lipinski definition) is 5. The Morgan fingerprint density at radius 2 is 2.03 bits per heavy atom. The highest BCUT2D eigenvalue weighted by Gasteiger charge is 2.31. The lowest BCUT2D eigenvalue weighted by atomic mass is 10.1. The van der Waals surface area contributed by atoms with Crippen LogP contribution < -0.4 is 10.1 Å². The summed E-state index contributed by atoms with van der Waals surface area (Å²) in [5.41, 5.74) is 2.16. The van der Waals surface area contributed by atoms with Gasteiger partial charge in [0, 0.05) is 49.9 Å². The number of rotatable bonds is 6. The van der Waals surface area contributed by atoms with Gasteiger partial charge < -0.3 is 15.0 Å². The van der Waals surface area contributed by atoms with Crippen LogP contribution >= 0.6 is 0 Å². The molecule has 0 bridgehead atoms. The lowest BCUT2D eigenvalue weighted by molar-refractivity contribution is 0.0761. The third-order valence-corrected chi connectivity index (χ3v) is 5.75. The number of hydrogen-bond donors (Lipinski definition) is 1. The molecule has 0 radical (unpaired) electrons. The standard InChI is InChI=1S/C24H28N4O2/c1-26-17-20-15-19(6-9-23(20)30-22-5-2-4-18(14-22)16-25)24(29)28-11-3-10-27(12-13-28)21-7-8-21/h2,4-6,9,14-15,21,26H,3,7-8,10-13,17H2,1H3. The van der Waals surface area contributed by atoms with Gasteiger partial charge in [0.1, 0.15) is 11.5 Å². The minimum Gasteiger partial charge on any atom is -0.457 e. The van der Waals surface area contributed by atoms with Gasteiger partial charge in [0.2, 0.25) is 0 Å². The van der Waals surface area contributed by atoms with Crippen molar-refractivity contribution in [3.05, 3.63) is 59.2 Å². The Morgan fingerprint density at radius 3 is 2.80 bits per heavy atom. The molecular formula is C24H28N4O2. The van der Waals surface area contributed by atoms with Crippen LogP contribution in [0.2, 0.25) is 0 Å². The van der Waals surface area contributed by atoms with E-state index in [4.69, 9.17) is 10.00 Å². The molecule has 6 nitrogen and oxygen atoms in total. The average Bonchev–Trinajstić information content (AvgIpc) is 3.61. The second-order valence-electron chi connectivity index (χ2n) is 8.01. The van der Waals surface area contributed by atoms with Gasteiger partial charge in [-0.15, -0.1) is 0 Å². The molecule has 1 saturated carbocycles. The number of amides is 1. The van der Waals surface area contributed by atoms with Gasteiger partial charge in [0.05, 0.1) is 11.6 Å². The number of carbonyl (C=O) groups excluding carboxylic acids is 1. The van der Waals surface area contributed by atoms with E-state index in [1.54, 1.807) is 18.2 Å². The summed E-state index contributed by atoms with van der Waals surface area (Å²) in [6.45, 7) is 4.24. The van der Waals surface area contributed by atoms with Gasteiger partial charge >= 0.3 is 0 Å². The molecule has 2 aromatic carbocycles. The molecule has 0 unspecified atom stereocenters.